The van der Waals surface area contributed by atoms with Gasteiger partial charge in [0.2, 0.25) is 0 Å². The number of hydrogen-bond acceptors (Lipinski definition) is 5. The van der Waals surface area contributed by atoms with E-state index in [0.717, 1.165) is 24.6 Å². The largest absolute Gasteiger partial charge is 2.00 e. The molecule has 0 bridgehead atoms. The normalized spacial score (nSPS) is 22.2. The number of hydrazone groups is 1. The molecule has 342 valence electrons. The predicted octanol–water partition coefficient (Wildman–Crippen LogP) is 18.6. The minimum atomic E-state index is -0.455. The quantitative estimate of drug-likeness (QED) is 0.0808. The van der Waals surface area contributed by atoms with E-state index in [4.69, 9.17) is 10.1 Å². The summed E-state index contributed by atoms with van der Waals surface area (Å²) < 4.78 is 0. The van der Waals surface area contributed by atoms with Gasteiger partial charge in [-0.2, -0.15) is 5.10 Å². The first kappa shape index (κ1) is 33.6. The average Bonchev–Trinajstić information content (AvgIpc) is 1.50. The van der Waals surface area contributed by atoms with Crippen LogP contribution in [0.5, 0.6) is 0 Å². The summed E-state index contributed by atoms with van der Waals surface area (Å²) in [6, 6.07) is 12.8. The van der Waals surface area contributed by atoms with Crippen LogP contribution in [0.1, 0.15) is 46.6 Å². The van der Waals surface area contributed by atoms with Gasteiger partial charge in [-0.15, -0.1) is 0 Å². The molecule has 2 aromatic heterocycles. The second-order valence-electron chi connectivity index (χ2n) is 28.0. The summed E-state index contributed by atoms with van der Waals surface area (Å²) in [5.41, 5.74) is 11.3. The van der Waals surface area contributed by atoms with Crippen molar-refractivity contribution in [3.05, 3.63) is 76.2 Å². The van der Waals surface area contributed by atoms with Gasteiger partial charge in [0, 0.05) is 12.7 Å². The predicted molar refractivity (Wildman–Crippen MR) is 334 cm³/mol. The third-order valence-electron chi connectivity index (χ3n) is 27.3. The zero-order valence-electron chi connectivity index (χ0n) is 42.1. The summed E-state index contributed by atoms with van der Waals surface area (Å²) in [6.45, 7) is 4.40. The number of nitrogens with one attached hydrogen (secondary N) is 1. The zero-order chi connectivity index (χ0) is 48.3. The van der Waals surface area contributed by atoms with Crippen LogP contribution >= 0.6 is 0 Å². The van der Waals surface area contributed by atoms with E-state index in [2.05, 4.69) is 40.4 Å². The summed E-state index contributed by atoms with van der Waals surface area (Å²) in [6.07, 6.45) is 3.75. The van der Waals surface area contributed by atoms with Gasteiger partial charge in [0.15, 0.2) is 0 Å². The monoisotopic (exact) mass is 1100 g/mol. The van der Waals surface area contributed by atoms with Gasteiger partial charge in [0.1, 0.15) is 5.82 Å². The van der Waals surface area contributed by atoms with E-state index in [1.165, 1.54) is 5.69 Å². The van der Waals surface area contributed by atoms with Gasteiger partial charge in [-0.25, -0.2) is 4.98 Å². The summed E-state index contributed by atoms with van der Waals surface area (Å²) in [7, 11) is 0. The van der Waals surface area contributed by atoms with Crippen LogP contribution < -0.4 is 5.43 Å². The number of nitrogens with zero attached hydrogens (tertiary/aromatic N) is 4. The van der Waals surface area contributed by atoms with Gasteiger partial charge in [-0.05, 0) is 344 Å². The maximum absolute atomic E-state index is 5.94. The molecule has 1 aliphatic heterocycles. The maximum atomic E-state index is 5.94. The van der Waals surface area contributed by atoms with Crippen LogP contribution in [0.4, 0.5) is 5.82 Å². The van der Waals surface area contributed by atoms with Crippen molar-refractivity contribution in [3.8, 4) is 0 Å². The van der Waals surface area contributed by atoms with Crippen molar-refractivity contribution >= 4 is 303 Å². The Balaban J connectivity index is 0.00000376. The molecule has 28 aromatic carbocycles. The molecule has 1 atom stereocenters. The van der Waals surface area contributed by atoms with Crippen molar-refractivity contribution in [1.82, 2.24) is 14.9 Å². The van der Waals surface area contributed by atoms with Crippen LogP contribution in [0.3, 0.4) is 0 Å². The number of likely N-dealkylation sites (tertiary alicyclic amines) is 1. The second kappa shape index (κ2) is 8.23. The molecular weight excluding hydrogens is 1080 g/mol. The van der Waals surface area contributed by atoms with Crippen molar-refractivity contribution < 1.29 is 27.3 Å². The van der Waals surface area contributed by atoms with E-state index >= 15 is 0 Å². The first-order valence-electron chi connectivity index (χ1n) is 29.5. The zero-order valence-corrected chi connectivity index (χ0v) is 46.1. The Bertz CT molecular complexity index is 7770. The molecule has 30 aromatic rings. The van der Waals surface area contributed by atoms with E-state index < -0.39 is 5.41 Å². The number of pyridine rings is 2. The molecule has 0 radical (unpaired) electrons. The van der Waals surface area contributed by atoms with Gasteiger partial charge in [-0.1, -0.05) is 19.1 Å². The number of aromatic nitrogens is 2. The van der Waals surface area contributed by atoms with Crippen LogP contribution in [0, 0.1) is 0 Å². The Labute approximate surface area is 465 Å². The molecule has 1 fully saturated rings. The molecule has 81 heavy (non-hydrogen) atoms. The summed E-state index contributed by atoms with van der Waals surface area (Å²) in [5.74, 6) is 0.730. The van der Waals surface area contributed by atoms with Gasteiger partial charge >= 0.3 is 27.3 Å². The number of rotatable bonds is 5. The molecule has 1 unspecified atom stereocenters. The van der Waals surface area contributed by atoms with Crippen molar-refractivity contribution in [1.29, 1.82) is 0 Å². The molecule has 5 nitrogen and oxygen atoms in total. The van der Waals surface area contributed by atoms with Crippen LogP contribution in [-0.2, 0) is 38.1 Å². The summed E-state index contributed by atoms with van der Waals surface area (Å²) >= 11 is 0. The molecule has 35 rings (SSSR count). The van der Waals surface area contributed by atoms with Crippen molar-refractivity contribution in [2.24, 2.45) is 5.10 Å². The van der Waals surface area contributed by atoms with Crippen molar-refractivity contribution in [2.45, 2.75) is 23.8 Å². The fraction of sp³-hybridized carbons (Fsp3) is 0.0800. The topological polar surface area (TPSA) is 53.4 Å². The fourth-order valence-electron chi connectivity index (χ4n) is 26.9. The Morgan fingerprint density at radius 3 is 1.01 bits per heavy atom. The van der Waals surface area contributed by atoms with E-state index in [9.17, 15) is 0 Å². The Morgan fingerprint density at radius 1 is 0.407 bits per heavy atom. The first-order chi connectivity index (χ1) is 39.8. The number of likely N-dealkylation sites (N-methyl/N-ethyl adjacent to an activating group) is 1. The Hall–Kier alpha value is -8.89. The van der Waals surface area contributed by atoms with Gasteiger partial charge in [0.25, 0.3) is 0 Å². The number of benzene rings is 18. The minimum absolute atomic E-state index is 0. The molecule has 0 amide bonds. The van der Waals surface area contributed by atoms with Crippen LogP contribution in [0.25, 0.3) is 291 Å². The Kier molecular flexibility index (Phi) is 3.42. The SMILES string of the molecule is CCN1CC23c4c5c6c7c8c9c(c%10c%11c2c2c4c4c%12c5c5c6c6c8c8c%13c9c9c%10c%10c%11c%11c2c2c4c4c%12c%12c5c5c6c8c6c8c%13c9c9c%10c%10c%11c2c2c4c4c%12c5c6c5c8c9c%10c2c45)C73C1c1cccc(/C=N/Nc2ccccn2)n1.[Cd+2]. The second-order valence-corrected chi connectivity index (χ2v) is 28.0. The van der Waals surface area contributed by atoms with Crippen LogP contribution in [0.2, 0.25) is 0 Å². The van der Waals surface area contributed by atoms with Crippen LogP contribution in [-0.4, -0.2) is 34.2 Å². The maximum Gasteiger partial charge on any atom is 2.00 e. The number of anilines is 1. The fourth-order valence-corrected chi connectivity index (χ4v) is 26.9. The van der Waals surface area contributed by atoms with E-state index in [1.54, 1.807) is 313 Å². The molecule has 0 saturated carbocycles. The third-order valence-corrected chi connectivity index (χ3v) is 27.3. The summed E-state index contributed by atoms with van der Waals surface area (Å²) in [5, 5.41) is 93.5. The van der Waals surface area contributed by atoms with Gasteiger partial charge in [-0.3, -0.25) is 15.3 Å². The standard InChI is InChI=1S/C75H17N5.Cd/c1-2-80-11-74-69-61-53-43-33-25-17-15-16-19-23-21(17)29-37-31(23)41-35-27(19)28-20(16)24-22-18(15)26(25)34-40-30(22)38-32(24)42-36(28)46-45(35)57-51(41)59-49(37)55(47(53)39(29)33)63(69)65(59)71-67(57)68-58(46)52(42)60-50(38)56-48(40)54(44(34)43)62(61)70(74)64(56)66(60)72(68)75(71,74)73(80)13-7-5-6-12(78-13)10-77-79-14-8-3-4-9-76-14;/h3-10,73H,2,11H2,1H3,(H,76,79);/q;+2/b77-10+;. The molecule has 4 aliphatic carbocycles. The first-order valence-corrected chi connectivity index (χ1v) is 29.5. The van der Waals surface area contributed by atoms with Crippen molar-refractivity contribution in [3.63, 3.8) is 0 Å². The molecular formula is C75H17CdN5+2. The molecule has 3 heterocycles. The molecule has 1 saturated heterocycles. The van der Waals surface area contributed by atoms with Crippen molar-refractivity contribution in [2.75, 3.05) is 18.5 Å². The number of hydrogen-bond donors (Lipinski definition) is 1. The average molecular weight is 1100 g/mol. The van der Waals surface area contributed by atoms with Crippen LogP contribution in [0.15, 0.2) is 47.7 Å². The smallest absolute Gasteiger partial charge is 0.293 e. The molecule has 6 heteroatoms. The molecule has 1 N–H and O–H groups in total. The minimum Gasteiger partial charge on any atom is -0.293 e. The van der Waals surface area contributed by atoms with E-state index in [0.29, 0.717) is 0 Å². The Morgan fingerprint density at radius 2 is 0.716 bits per heavy atom. The van der Waals surface area contributed by atoms with E-state index in [1.807, 2.05) is 30.6 Å². The molecule has 5 aliphatic rings. The molecule has 2 spiro atoms. The van der Waals surface area contributed by atoms with E-state index in [-0.39, 0.29) is 38.8 Å². The van der Waals surface area contributed by atoms with Gasteiger partial charge in [0.05, 0.1) is 34.5 Å². The third kappa shape index (κ3) is 2.03. The summed E-state index contributed by atoms with van der Waals surface area (Å²) in [4.78, 5) is 13.5. The van der Waals surface area contributed by atoms with Gasteiger partial charge < -0.3 is 0 Å².